The molecule has 22 heavy (non-hydrogen) atoms. The Balaban J connectivity index is 0.00000176. The lowest BCUT2D eigenvalue weighted by molar-refractivity contribution is -0.132. The minimum Gasteiger partial charge on any atom is -0.339 e. The quantitative estimate of drug-likeness (QED) is 0.918. The SMILES string of the molecule is CC1C(c2ccccc2)CCN1C(=O)CC1CSCCN1.Cl. The first-order valence-electron chi connectivity index (χ1n) is 7.91. The lowest BCUT2D eigenvalue weighted by atomic mass is 9.93. The Morgan fingerprint density at radius 1 is 1.36 bits per heavy atom. The molecule has 1 aromatic carbocycles. The summed E-state index contributed by atoms with van der Waals surface area (Å²) < 4.78 is 0. The third-order valence-electron chi connectivity index (χ3n) is 4.72. The van der Waals surface area contributed by atoms with E-state index in [9.17, 15) is 4.79 Å². The van der Waals surface area contributed by atoms with Crippen molar-refractivity contribution < 1.29 is 4.79 Å². The van der Waals surface area contributed by atoms with Crippen LogP contribution in [0.5, 0.6) is 0 Å². The van der Waals surface area contributed by atoms with E-state index in [4.69, 9.17) is 0 Å². The summed E-state index contributed by atoms with van der Waals surface area (Å²) in [6, 6.07) is 11.3. The van der Waals surface area contributed by atoms with Gasteiger partial charge in [-0.15, -0.1) is 12.4 Å². The van der Waals surface area contributed by atoms with Gasteiger partial charge in [-0.05, 0) is 18.9 Å². The van der Waals surface area contributed by atoms with E-state index in [2.05, 4.69) is 47.5 Å². The number of hydrogen-bond donors (Lipinski definition) is 1. The van der Waals surface area contributed by atoms with Crippen molar-refractivity contribution in [3.63, 3.8) is 0 Å². The Kier molecular flexibility index (Phi) is 6.60. The summed E-state index contributed by atoms with van der Waals surface area (Å²) in [5.74, 6) is 3.04. The van der Waals surface area contributed by atoms with Crippen LogP contribution in [0.15, 0.2) is 30.3 Å². The number of thioether (sulfide) groups is 1. The van der Waals surface area contributed by atoms with Crippen molar-refractivity contribution in [3.05, 3.63) is 35.9 Å². The zero-order valence-electron chi connectivity index (χ0n) is 13.0. The molecule has 3 unspecified atom stereocenters. The van der Waals surface area contributed by atoms with Gasteiger partial charge in [0.05, 0.1) is 0 Å². The summed E-state index contributed by atoms with van der Waals surface area (Å²) in [5.41, 5.74) is 1.37. The topological polar surface area (TPSA) is 32.3 Å². The summed E-state index contributed by atoms with van der Waals surface area (Å²) in [7, 11) is 0. The molecular formula is C17H25ClN2OS. The number of carbonyl (C=O) groups excluding carboxylic acids is 1. The molecule has 0 aromatic heterocycles. The molecule has 3 nitrogen and oxygen atoms in total. The fourth-order valence-electron chi connectivity index (χ4n) is 3.52. The Bertz CT molecular complexity index is 479. The highest BCUT2D eigenvalue weighted by Crippen LogP contribution is 2.33. The number of carbonyl (C=O) groups is 1. The van der Waals surface area contributed by atoms with Crippen molar-refractivity contribution in [3.8, 4) is 0 Å². The summed E-state index contributed by atoms with van der Waals surface area (Å²) in [5, 5.41) is 3.46. The average molecular weight is 341 g/mol. The normalized spacial score (nSPS) is 28.2. The first-order valence-corrected chi connectivity index (χ1v) is 9.06. The number of amides is 1. The third-order valence-corrected chi connectivity index (χ3v) is 5.85. The van der Waals surface area contributed by atoms with Crippen LogP contribution in [0.3, 0.4) is 0 Å². The van der Waals surface area contributed by atoms with Gasteiger partial charge in [0.25, 0.3) is 0 Å². The molecule has 0 saturated carbocycles. The van der Waals surface area contributed by atoms with Gasteiger partial charge in [-0.25, -0.2) is 0 Å². The first kappa shape index (κ1) is 17.6. The van der Waals surface area contributed by atoms with Crippen molar-refractivity contribution in [2.24, 2.45) is 0 Å². The summed E-state index contributed by atoms with van der Waals surface area (Å²) in [6.45, 7) is 4.13. The van der Waals surface area contributed by atoms with Gasteiger partial charge in [0, 0.05) is 49.0 Å². The van der Waals surface area contributed by atoms with E-state index in [1.54, 1.807) is 0 Å². The Morgan fingerprint density at radius 2 is 2.14 bits per heavy atom. The zero-order chi connectivity index (χ0) is 14.7. The van der Waals surface area contributed by atoms with Gasteiger partial charge in [0.15, 0.2) is 0 Å². The maximum atomic E-state index is 12.6. The summed E-state index contributed by atoms with van der Waals surface area (Å²) in [6.07, 6.45) is 1.74. The van der Waals surface area contributed by atoms with Crippen LogP contribution in [0, 0.1) is 0 Å². The number of nitrogens with zero attached hydrogens (tertiary/aromatic N) is 1. The molecule has 2 aliphatic rings. The lowest BCUT2D eigenvalue weighted by Gasteiger charge is -2.28. The van der Waals surface area contributed by atoms with Crippen LogP contribution in [0.4, 0.5) is 0 Å². The van der Waals surface area contributed by atoms with E-state index < -0.39 is 0 Å². The van der Waals surface area contributed by atoms with Gasteiger partial charge >= 0.3 is 0 Å². The van der Waals surface area contributed by atoms with Gasteiger partial charge in [-0.2, -0.15) is 11.8 Å². The first-order chi connectivity index (χ1) is 10.3. The molecule has 2 aliphatic heterocycles. The van der Waals surface area contributed by atoms with Crippen molar-refractivity contribution in [2.45, 2.75) is 37.8 Å². The second-order valence-corrected chi connectivity index (χ2v) is 7.21. The Morgan fingerprint density at radius 3 is 2.82 bits per heavy atom. The molecule has 1 aromatic rings. The minimum absolute atomic E-state index is 0. The van der Waals surface area contributed by atoms with E-state index in [0.29, 0.717) is 30.3 Å². The predicted molar refractivity (Wildman–Crippen MR) is 96.0 cm³/mol. The van der Waals surface area contributed by atoms with Crippen LogP contribution in [0.2, 0.25) is 0 Å². The van der Waals surface area contributed by atoms with Crippen molar-refractivity contribution in [1.29, 1.82) is 0 Å². The van der Waals surface area contributed by atoms with Gasteiger partial charge < -0.3 is 10.2 Å². The van der Waals surface area contributed by atoms with Crippen LogP contribution < -0.4 is 5.32 Å². The number of likely N-dealkylation sites (tertiary alicyclic amines) is 1. The molecule has 1 N–H and O–H groups in total. The van der Waals surface area contributed by atoms with Gasteiger partial charge in [-0.1, -0.05) is 30.3 Å². The number of halogens is 1. The largest absolute Gasteiger partial charge is 0.339 e. The fourth-order valence-corrected chi connectivity index (χ4v) is 4.47. The van der Waals surface area contributed by atoms with Crippen molar-refractivity contribution in [2.75, 3.05) is 24.6 Å². The summed E-state index contributed by atoms with van der Waals surface area (Å²) >= 11 is 1.95. The van der Waals surface area contributed by atoms with E-state index in [-0.39, 0.29) is 12.4 Å². The Labute approximate surface area is 143 Å². The molecule has 0 spiro atoms. The standard InChI is InChI=1S/C17H24N2OS.ClH/c1-13-16(14-5-3-2-4-6-14)7-9-19(13)17(20)11-15-12-21-10-8-18-15;/h2-6,13,15-16,18H,7-12H2,1H3;1H. The van der Waals surface area contributed by atoms with Gasteiger partial charge in [0.1, 0.15) is 0 Å². The molecule has 2 fully saturated rings. The molecule has 0 aliphatic carbocycles. The summed E-state index contributed by atoms with van der Waals surface area (Å²) in [4.78, 5) is 14.7. The zero-order valence-corrected chi connectivity index (χ0v) is 14.7. The maximum Gasteiger partial charge on any atom is 0.224 e. The van der Waals surface area contributed by atoms with Crippen LogP contribution >= 0.6 is 24.2 Å². The molecule has 122 valence electrons. The third kappa shape index (κ3) is 3.98. The van der Waals surface area contributed by atoms with Gasteiger partial charge in [-0.3, -0.25) is 4.79 Å². The molecule has 5 heteroatoms. The van der Waals surface area contributed by atoms with E-state index in [0.717, 1.165) is 25.3 Å². The van der Waals surface area contributed by atoms with E-state index >= 15 is 0 Å². The molecule has 0 bridgehead atoms. The maximum absolute atomic E-state index is 12.6. The number of nitrogens with one attached hydrogen (secondary N) is 1. The predicted octanol–water partition coefficient (Wildman–Crippen LogP) is 2.91. The number of rotatable bonds is 3. The number of hydrogen-bond acceptors (Lipinski definition) is 3. The molecule has 3 atom stereocenters. The van der Waals surface area contributed by atoms with E-state index in [1.807, 2.05) is 11.8 Å². The fraction of sp³-hybridized carbons (Fsp3) is 0.588. The van der Waals surface area contributed by atoms with Crippen molar-refractivity contribution in [1.82, 2.24) is 10.2 Å². The second kappa shape index (κ2) is 8.23. The second-order valence-electron chi connectivity index (χ2n) is 6.06. The molecule has 2 heterocycles. The van der Waals surface area contributed by atoms with Crippen LogP contribution in [-0.2, 0) is 4.79 Å². The molecular weight excluding hydrogens is 316 g/mol. The van der Waals surface area contributed by atoms with Crippen molar-refractivity contribution >= 4 is 30.1 Å². The van der Waals surface area contributed by atoms with Crippen LogP contribution in [-0.4, -0.2) is 47.5 Å². The molecule has 3 rings (SSSR count). The Hall–Kier alpha value is -0.710. The highest BCUT2D eigenvalue weighted by atomic mass is 35.5. The lowest BCUT2D eigenvalue weighted by Crippen LogP contribution is -2.43. The smallest absolute Gasteiger partial charge is 0.224 e. The molecule has 0 radical (unpaired) electrons. The van der Waals surface area contributed by atoms with E-state index in [1.165, 1.54) is 11.3 Å². The number of benzene rings is 1. The van der Waals surface area contributed by atoms with Crippen LogP contribution in [0.1, 0.15) is 31.2 Å². The monoisotopic (exact) mass is 340 g/mol. The highest BCUT2D eigenvalue weighted by Gasteiger charge is 2.35. The average Bonchev–Trinajstić information content (AvgIpc) is 2.91. The molecule has 1 amide bonds. The molecule has 2 saturated heterocycles. The van der Waals surface area contributed by atoms with Gasteiger partial charge in [0.2, 0.25) is 5.91 Å². The minimum atomic E-state index is 0. The van der Waals surface area contributed by atoms with Crippen LogP contribution in [0.25, 0.3) is 0 Å². The highest BCUT2D eigenvalue weighted by molar-refractivity contribution is 7.99.